The second-order valence-electron chi connectivity index (χ2n) is 6.61. The van der Waals surface area contributed by atoms with E-state index in [9.17, 15) is 0 Å². The number of nitrogens with one attached hydrogen (secondary N) is 1. The molecule has 0 bridgehead atoms. The highest BCUT2D eigenvalue weighted by Crippen LogP contribution is 2.37. The molecule has 1 rings (SSSR count). The highest BCUT2D eigenvalue weighted by molar-refractivity contribution is 4.83. The third-order valence-electron chi connectivity index (χ3n) is 4.02. The first-order chi connectivity index (χ1) is 7.43. The first-order valence-corrected chi connectivity index (χ1v) is 6.77. The van der Waals surface area contributed by atoms with Crippen molar-refractivity contribution in [3.8, 4) is 0 Å². The van der Waals surface area contributed by atoms with E-state index >= 15 is 0 Å². The Morgan fingerprint density at radius 3 is 2.19 bits per heavy atom. The average Bonchev–Trinajstić information content (AvgIpc) is 2.25. The van der Waals surface area contributed by atoms with Crippen LogP contribution in [0.25, 0.3) is 0 Å². The van der Waals surface area contributed by atoms with Gasteiger partial charge in [0.2, 0.25) is 0 Å². The molecule has 0 aromatic carbocycles. The zero-order chi connectivity index (χ0) is 12.2. The van der Waals surface area contributed by atoms with Gasteiger partial charge in [0, 0.05) is 19.2 Å². The van der Waals surface area contributed by atoms with Crippen LogP contribution in [0.4, 0.5) is 0 Å². The van der Waals surface area contributed by atoms with Gasteiger partial charge in [-0.2, -0.15) is 0 Å². The van der Waals surface area contributed by atoms with Crippen molar-refractivity contribution in [2.45, 2.75) is 59.4 Å². The molecule has 2 nitrogen and oxygen atoms in total. The van der Waals surface area contributed by atoms with Gasteiger partial charge < -0.3 is 10.4 Å². The van der Waals surface area contributed by atoms with Crippen molar-refractivity contribution >= 4 is 0 Å². The Kier molecular flexibility index (Phi) is 5.26. The maximum Gasteiger partial charge on any atom is 0.0468 e. The summed E-state index contributed by atoms with van der Waals surface area (Å²) in [5.74, 6) is 1.28. The van der Waals surface area contributed by atoms with Crippen molar-refractivity contribution in [1.82, 2.24) is 5.32 Å². The molecule has 1 saturated carbocycles. The third kappa shape index (κ3) is 4.42. The van der Waals surface area contributed by atoms with E-state index in [2.05, 4.69) is 33.0 Å². The van der Waals surface area contributed by atoms with Crippen LogP contribution in [0.3, 0.4) is 0 Å². The van der Waals surface area contributed by atoms with Crippen LogP contribution < -0.4 is 5.32 Å². The summed E-state index contributed by atoms with van der Waals surface area (Å²) in [6, 6.07) is 0.688. The second-order valence-corrected chi connectivity index (χ2v) is 6.61. The molecule has 0 spiro atoms. The molecular formula is C14H29NO. The lowest BCUT2D eigenvalue weighted by Gasteiger charge is -2.37. The Bertz CT molecular complexity index is 189. The van der Waals surface area contributed by atoms with E-state index in [1.165, 1.54) is 25.7 Å². The maximum atomic E-state index is 8.97. The van der Waals surface area contributed by atoms with Crippen LogP contribution in [0.5, 0.6) is 0 Å². The van der Waals surface area contributed by atoms with Crippen LogP contribution >= 0.6 is 0 Å². The molecule has 0 heterocycles. The minimum Gasteiger partial charge on any atom is -0.396 e. The molecule has 0 aromatic heterocycles. The first-order valence-electron chi connectivity index (χ1n) is 6.77. The van der Waals surface area contributed by atoms with Crippen molar-refractivity contribution in [2.24, 2.45) is 17.3 Å². The molecule has 0 aliphatic heterocycles. The van der Waals surface area contributed by atoms with Crippen LogP contribution in [-0.4, -0.2) is 24.3 Å². The van der Waals surface area contributed by atoms with E-state index in [1.807, 2.05) is 0 Å². The van der Waals surface area contributed by atoms with E-state index in [4.69, 9.17) is 5.11 Å². The molecular weight excluding hydrogens is 198 g/mol. The van der Waals surface area contributed by atoms with Gasteiger partial charge in [-0.1, -0.05) is 27.7 Å². The molecule has 2 N–H and O–H groups in total. The Labute approximate surface area is 101 Å². The summed E-state index contributed by atoms with van der Waals surface area (Å²) in [7, 11) is 0. The largest absolute Gasteiger partial charge is 0.396 e. The normalized spacial score (nSPS) is 29.1. The molecule has 0 aromatic rings. The van der Waals surface area contributed by atoms with Gasteiger partial charge in [-0.15, -0.1) is 0 Å². The topological polar surface area (TPSA) is 32.3 Å². The van der Waals surface area contributed by atoms with Crippen molar-refractivity contribution < 1.29 is 5.11 Å². The minimum atomic E-state index is 0.296. The van der Waals surface area contributed by atoms with Gasteiger partial charge in [0.15, 0.2) is 0 Å². The Morgan fingerprint density at radius 1 is 1.19 bits per heavy atom. The predicted octanol–water partition coefficient (Wildman–Crippen LogP) is 2.81. The molecule has 0 radical (unpaired) electrons. The first kappa shape index (κ1) is 14.0. The summed E-state index contributed by atoms with van der Waals surface area (Å²) in [5.41, 5.74) is 0.476. The molecule has 1 aliphatic rings. The summed E-state index contributed by atoms with van der Waals surface area (Å²) in [4.78, 5) is 0. The quantitative estimate of drug-likeness (QED) is 0.774. The van der Waals surface area contributed by atoms with Gasteiger partial charge in [-0.3, -0.25) is 0 Å². The predicted molar refractivity (Wildman–Crippen MR) is 69.5 cm³/mol. The summed E-state index contributed by atoms with van der Waals surface area (Å²) in [5, 5.41) is 12.6. The van der Waals surface area contributed by atoms with Crippen molar-refractivity contribution in [3.63, 3.8) is 0 Å². The van der Waals surface area contributed by atoms with E-state index in [-0.39, 0.29) is 0 Å². The molecule has 0 amide bonds. The standard InChI is InChI=1S/C14H29NO/c1-11(10-16)9-15-13-7-5-12(6-8-13)14(2,3)4/h11-13,15-16H,5-10H2,1-4H3. The molecule has 1 fully saturated rings. The number of hydrogen-bond donors (Lipinski definition) is 2. The fraction of sp³-hybridized carbons (Fsp3) is 1.00. The molecule has 0 saturated heterocycles. The second kappa shape index (κ2) is 6.02. The lowest BCUT2D eigenvalue weighted by molar-refractivity contribution is 0.155. The smallest absolute Gasteiger partial charge is 0.0468 e. The number of hydrogen-bond acceptors (Lipinski definition) is 2. The van der Waals surface area contributed by atoms with Crippen LogP contribution in [-0.2, 0) is 0 Å². The van der Waals surface area contributed by atoms with Crippen LogP contribution in [0.1, 0.15) is 53.4 Å². The molecule has 1 unspecified atom stereocenters. The van der Waals surface area contributed by atoms with Crippen molar-refractivity contribution in [3.05, 3.63) is 0 Å². The lowest BCUT2D eigenvalue weighted by atomic mass is 9.71. The van der Waals surface area contributed by atoms with Crippen molar-refractivity contribution in [1.29, 1.82) is 0 Å². The van der Waals surface area contributed by atoms with E-state index in [0.717, 1.165) is 12.5 Å². The average molecular weight is 227 g/mol. The summed E-state index contributed by atoms with van der Waals surface area (Å²) in [6.07, 6.45) is 5.32. The van der Waals surface area contributed by atoms with Gasteiger partial charge in [0.25, 0.3) is 0 Å². The Morgan fingerprint density at radius 2 is 1.75 bits per heavy atom. The highest BCUT2D eigenvalue weighted by Gasteiger charge is 2.29. The third-order valence-corrected chi connectivity index (χ3v) is 4.02. The maximum absolute atomic E-state index is 8.97. The molecule has 1 aliphatic carbocycles. The number of aliphatic hydroxyl groups is 1. The Balaban J connectivity index is 2.22. The van der Waals surface area contributed by atoms with Gasteiger partial charge in [-0.25, -0.2) is 0 Å². The zero-order valence-corrected chi connectivity index (χ0v) is 11.4. The summed E-state index contributed by atoms with van der Waals surface area (Å²) in [6.45, 7) is 10.4. The van der Waals surface area contributed by atoms with Gasteiger partial charge >= 0.3 is 0 Å². The lowest BCUT2D eigenvalue weighted by Crippen LogP contribution is -2.38. The van der Waals surface area contributed by atoms with Crippen LogP contribution in [0, 0.1) is 17.3 Å². The molecule has 1 atom stereocenters. The molecule has 96 valence electrons. The fourth-order valence-electron chi connectivity index (χ4n) is 2.60. The highest BCUT2D eigenvalue weighted by atomic mass is 16.3. The zero-order valence-electron chi connectivity index (χ0n) is 11.4. The number of aliphatic hydroxyl groups excluding tert-OH is 1. The Hall–Kier alpha value is -0.0800. The summed E-state index contributed by atoms with van der Waals surface area (Å²) < 4.78 is 0. The monoisotopic (exact) mass is 227 g/mol. The van der Waals surface area contributed by atoms with E-state index < -0.39 is 0 Å². The van der Waals surface area contributed by atoms with Crippen molar-refractivity contribution in [2.75, 3.05) is 13.2 Å². The van der Waals surface area contributed by atoms with Gasteiger partial charge in [0.1, 0.15) is 0 Å². The SMILES string of the molecule is CC(CO)CNC1CCC(C(C)(C)C)CC1. The minimum absolute atomic E-state index is 0.296. The van der Waals surface area contributed by atoms with Crippen LogP contribution in [0.2, 0.25) is 0 Å². The van der Waals surface area contributed by atoms with Gasteiger partial charge in [0.05, 0.1) is 0 Å². The van der Waals surface area contributed by atoms with Gasteiger partial charge in [-0.05, 0) is 42.9 Å². The molecule has 2 heteroatoms. The van der Waals surface area contributed by atoms with E-state index in [0.29, 0.717) is 24.0 Å². The van der Waals surface area contributed by atoms with Crippen LogP contribution in [0.15, 0.2) is 0 Å². The number of rotatable bonds is 4. The fourth-order valence-corrected chi connectivity index (χ4v) is 2.60. The molecule has 16 heavy (non-hydrogen) atoms. The van der Waals surface area contributed by atoms with E-state index in [1.54, 1.807) is 0 Å². The summed E-state index contributed by atoms with van der Waals surface area (Å²) >= 11 is 0.